The number of imidazole rings is 1. The largest absolute Gasteiger partial charge is 0.292 e. The van der Waals surface area contributed by atoms with E-state index < -0.39 is 0 Å². The second kappa shape index (κ2) is 14.8. The molecule has 10 aromatic rings. The van der Waals surface area contributed by atoms with Crippen LogP contribution < -0.4 is 0 Å². The van der Waals surface area contributed by atoms with E-state index >= 15 is 0 Å². The van der Waals surface area contributed by atoms with Crippen LogP contribution in [0.2, 0.25) is 0 Å². The van der Waals surface area contributed by atoms with E-state index in [1.807, 2.05) is 86.0 Å². The lowest BCUT2D eigenvalue weighted by atomic mass is 9.89. The van der Waals surface area contributed by atoms with Crippen LogP contribution in [0.5, 0.6) is 0 Å². The molecule has 0 atom stereocenters. The van der Waals surface area contributed by atoms with Crippen molar-refractivity contribution >= 4 is 11.0 Å². The number of hydrogen-bond donors (Lipinski definition) is 0. The molecule has 6 nitrogen and oxygen atoms in total. The summed E-state index contributed by atoms with van der Waals surface area (Å²) in [6.45, 7) is 0. The zero-order valence-electron chi connectivity index (χ0n) is 30.8. The minimum atomic E-state index is 0.852. The van der Waals surface area contributed by atoms with E-state index in [1.54, 1.807) is 0 Å². The van der Waals surface area contributed by atoms with Crippen LogP contribution >= 0.6 is 0 Å². The van der Waals surface area contributed by atoms with Crippen LogP contribution in [0.1, 0.15) is 0 Å². The number of fused-ring (bicyclic) bond motifs is 1. The lowest BCUT2D eigenvalue weighted by Gasteiger charge is -2.18. The summed E-state index contributed by atoms with van der Waals surface area (Å²) in [5, 5.41) is 0. The number of pyridine rings is 4. The van der Waals surface area contributed by atoms with Gasteiger partial charge < -0.3 is 0 Å². The quantitative estimate of drug-likeness (QED) is 0.156. The molecule has 0 aliphatic rings. The molecule has 0 spiro atoms. The van der Waals surface area contributed by atoms with Gasteiger partial charge in [0.1, 0.15) is 5.82 Å². The van der Waals surface area contributed by atoms with Crippen LogP contribution in [0.25, 0.3) is 94.9 Å². The van der Waals surface area contributed by atoms with E-state index in [9.17, 15) is 0 Å². The molecule has 0 amide bonds. The molecule has 268 valence electrons. The van der Waals surface area contributed by atoms with Crippen molar-refractivity contribution in [3.8, 4) is 83.8 Å². The molecule has 5 heterocycles. The molecule has 5 aromatic carbocycles. The van der Waals surface area contributed by atoms with Gasteiger partial charge in [0.2, 0.25) is 0 Å². The predicted octanol–water partition coefficient (Wildman–Crippen LogP) is 12.3. The highest BCUT2D eigenvalue weighted by atomic mass is 15.1. The Morgan fingerprint density at radius 3 is 1.26 bits per heavy atom. The van der Waals surface area contributed by atoms with E-state index in [0.29, 0.717) is 0 Å². The molecule has 0 aliphatic heterocycles. The van der Waals surface area contributed by atoms with E-state index in [4.69, 9.17) is 4.98 Å². The van der Waals surface area contributed by atoms with E-state index in [0.717, 1.165) is 94.9 Å². The molecule has 10 rings (SSSR count). The molecule has 0 aliphatic carbocycles. The number of aromatic nitrogens is 6. The van der Waals surface area contributed by atoms with Gasteiger partial charge >= 0.3 is 0 Å². The zero-order valence-corrected chi connectivity index (χ0v) is 30.8. The normalized spacial score (nSPS) is 11.2. The highest BCUT2D eigenvalue weighted by molar-refractivity contribution is 5.93. The maximum Gasteiger partial charge on any atom is 0.146 e. The minimum Gasteiger partial charge on any atom is -0.292 e. The van der Waals surface area contributed by atoms with Crippen LogP contribution in [-0.4, -0.2) is 29.5 Å². The Morgan fingerprint density at radius 1 is 0.316 bits per heavy atom. The topological polar surface area (TPSA) is 69.4 Å². The minimum absolute atomic E-state index is 0.852. The average Bonchev–Trinajstić information content (AvgIpc) is 3.70. The number of rotatable bonds is 8. The number of hydrogen-bond acceptors (Lipinski definition) is 5. The maximum atomic E-state index is 5.40. The summed E-state index contributed by atoms with van der Waals surface area (Å²) < 4.78 is 2.28. The van der Waals surface area contributed by atoms with Crippen molar-refractivity contribution in [3.63, 3.8) is 0 Å². The van der Waals surface area contributed by atoms with Crippen LogP contribution in [0.4, 0.5) is 0 Å². The van der Waals surface area contributed by atoms with Crippen LogP contribution in [0.15, 0.2) is 207 Å². The predicted molar refractivity (Wildman–Crippen MR) is 230 cm³/mol. The van der Waals surface area contributed by atoms with Crippen molar-refractivity contribution in [1.29, 1.82) is 0 Å². The van der Waals surface area contributed by atoms with Gasteiger partial charge in [-0.2, -0.15) is 0 Å². The van der Waals surface area contributed by atoms with Gasteiger partial charge in [-0.25, -0.2) is 4.98 Å². The number of benzene rings is 5. The molecule has 0 saturated carbocycles. The molecule has 0 fully saturated rings. The van der Waals surface area contributed by atoms with Crippen molar-refractivity contribution in [3.05, 3.63) is 207 Å². The second-order valence-electron chi connectivity index (χ2n) is 13.9. The Labute approximate surface area is 330 Å². The average molecular weight is 731 g/mol. The summed E-state index contributed by atoms with van der Waals surface area (Å²) in [5.74, 6) is 0.852. The third-order valence-electron chi connectivity index (χ3n) is 10.3. The third-order valence-corrected chi connectivity index (χ3v) is 10.3. The van der Waals surface area contributed by atoms with Crippen LogP contribution in [0.3, 0.4) is 0 Å². The van der Waals surface area contributed by atoms with Crippen molar-refractivity contribution in [2.24, 2.45) is 0 Å². The van der Waals surface area contributed by atoms with Crippen molar-refractivity contribution in [1.82, 2.24) is 29.5 Å². The van der Waals surface area contributed by atoms with Crippen molar-refractivity contribution in [2.45, 2.75) is 0 Å². The van der Waals surface area contributed by atoms with E-state index in [2.05, 4.69) is 146 Å². The summed E-state index contributed by atoms with van der Waals surface area (Å²) >= 11 is 0. The summed E-state index contributed by atoms with van der Waals surface area (Å²) in [6.07, 6.45) is 14.9. The first-order valence-corrected chi connectivity index (χ1v) is 18.8. The first-order chi connectivity index (χ1) is 28.2. The van der Waals surface area contributed by atoms with Gasteiger partial charge in [-0.1, -0.05) is 66.7 Å². The van der Waals surface area contributed by atoms with Crippen LogP contribution in [0, 0.1) is 0 Å². The Hall–Kier alpha value is -7.83. The first kappa shape index (κ1) is 33.7. The monoisotopic (exact) mass is 730 g/mol. The van der Waals surface area contributed by atoms with E-state index in [1.165, 1.54) is 0 Å². The van der Waals surface area contributed by atoms with Crippen molar-refractivity contribution in [2.75, 3.05) is 0 Å². The second-order valence-corrected chi connectivity index (χ2v) is 13.9. The molecule has 6 heteroatoms. The highest BCUT2D eigenvalue weighted by Gasteiger charge is 2.21. The first-order valence-electron chi connectivity index (χ1n) is 18.8. The summed E-state index contributed by atoms with van der Waals surface area (Å²) in [6, 6.07) is 55.4. The standard InChI is InChI=1S/C51H34N6/c1-2-14-46(15-3-1)57-50-17-5-4-16-49(50)56-51(57)48-30-35(40-24-41(36-10-6-20-52-31-36)26-42(25-40)37-11-7-21-53-32-37)18-19-47(48)45-28-43(38-12-8-22-54-33-38)27-44(29-45)39-13-9-23-55-34-39/h1-34H. The number of nitrogens with zero attached hydrogens (tertiary/aromatic N) is 6. The molecular weight excluding hydrogens is 697 g/mol. The lowest BCUT2D eigenvalue weighted by Crippen LogP contribution is -1.99. The van der Waals surface area contributed by atoms with Gasteiger partial charge in [-0.3, -0.25) is 24.5 Å². The van der Waals surface area contributed by atoms with Crippen LogP contribution in [-0.2, 0) is 0 Å². The maximum absolute atomic E-state index is 5.40. The van der Waals surface area contributed by atoms with Gasteiger partial charge in [-0.15, -0.1) is 0 Å². The van der Waals surface area contributed by atoms with Gasteiger partial charge in [0.15, 0.2) is 0 Å². The number of para-hydroxylation sites is 3. The molecule has 0 radical (unpaired) electrons. The molecule has 57 heavy (non-hydrogen) atoms. The molecule has 0 unspecified atom stereocenters. The van der Waals surface area contributed by atoms with Crippen molar-refractivity contribution < 1.29 is 0 Å². The SMILES string of the molecule is c1ccc(-n2c(-c3cc(-c4cc(-c5cccnc5)cc(-c5cccnc5)c4)ccc3-c3cc(-c4cccnc4)cc(-c4cccnc4)c3)nc3ccccc32)cc1. The van der Waals surface area contributed by atoms with Gasteiger partial charge in [-0.05, 0) is 136 Å². The van der Waals surface area contributed by atoms with Gasteiger partial charge in [0.25, 0.3) is 0 Å². The fourth-order valence-electron chi connectivity index (χ4n) is 7.58. The van der Waals surface area contributed by atoms with E-state index in [-0.39, 0.29) is 0 Å². The summed E-state index contributed by atoms with van der Waals surface area (Å²) in [4.78, 5) is 23.2. The Morgan fingerprint density at radius 2 is 0.772 bits per heavy atom. The molecule has 0 bridgehead atoms. The van der Waals surface area contributed by atoms with Gasteiger partial charge in [0, 0.05) is 83.1 Å². The fraction of sp³-hybridized carbons (Fsp3) is 0. The highest BCUT2D eigenvalue weighted by Crippen LogP contribution is 2.42. The third kappa shape index (κ3) is 6.66. The fourth-order valence-corrected chi connectivity index (χ4v) is 7.58. The Kier molecular flexibility index (Phi) is 8.74. The summed E-state index contributed by atoms with van der Waals surface area (Å²) in [5.41, 5.74) is 16.7. The molecule has 0 saturated heterocycles. The van der Waals surface area contributed by atoms with Gasteiger partial charge in [0.05, 0.1) is 11.0 Å². The smallest absolute Gasteiger partial charge is 0.146 e. The molecule has 0 N–H and O–H groups in total. The molecule has 5 aromatic heterocycles. The zero-order chi connectivity index (χ0) is 38.0. The lowest BCUT2D eigenvalue weighted by molar-refractivity contribution is 1.10. The summed E-state index contributed by atoms with van der Waals surface area (Å²) in [7, 11) is 0. The Bertz CT molecular complexity index is 2870. The molecular formula is C51H34N6. The Balaban J connectivity index is 1.26.